The lowest BCUT2D eigenvalue weighted by atomic mass is 10.2. The molecule has 0 aliphatic heterocycles. The molecule has 0 spiro atoms. The quantitative estimate of drug-likeness (QED) is 0.433. The molecule has 0 saturated heterocycles. The lowest BCUT2D eigenvalue weighted by molar-refractivity contribution is -0.159. The van der Waals surface area contributed by atoms with Gasteiger partial charge in [-0.1, -0.05) is 11.6 Å². The van der Waals surface area contributed by atoms with Gasteiger partial charge in [0.1, 0.15) is 12.4 Å². The number of carbonyl (C=O) groups is 2. The van der Waals surface area contributed by atoms with Crippen LogP contribution in [0.1, 0.15) is 5.56 Å². The van der Waals surface area contributed by atoms with Gasteiger partial charge >= 0.3 is 11.9 Å². The first-order valence-corrected chi connectivity index (χ1v) is 7.88. The topological polar surface area (TPSA) is 117 Å². The maximum absolute atomic E-state index is 9.10. The normalized spacial score (nSPS) is 10.1. The van der Waals surface area contributed by atoms with Crippen LogP contribution < -0.4 is 4.74 Å². The molecule has 0 aliphatic carbocycles. The predicted octanol–water partition coefficient (Wildman–Crippen LogP) is 1.12. The molecule has 0 aromatic heterocycles. The summed E-state index contributed by atoms with van der Waals surface area (Å²) in [5, 5.41) is 24.2. The molecule has 1 aromatic carbocycles. The first-order chi connectivity index (χ1) is 11.8. The standard InChI is InChI=1S/C14H22ClNO3.C2H2O4/c1-12-11-13(15)3-4-14(12)19-10-9-18-8-6-16(2)5-7-17;3-1(4)2(5)6/h3-4,11,17H,5-10H2,1-2H3;(H,3,4)(H,5,6). The van der Waals surface area contributed by atoms with Crippen LogP contribution in [-0.4, -0.2) is 78.7 Å². The number of nitrogens with zero attached hydrogens (tertiary/aromatic N) is 1. The van der Waals surface area contributed by atoms with E-state index in [1.807, 2.05) is 37.1 Å². The molecule has 9 heteroatoms. The van der Waals surface area contributed by atoms with Crippen molar-refractivity contribution in [3.63, 3.8) is 0 Å². The fourth-order valence-electron chi connectivity index (χ4n) is 1.59. The van der Waals surface area contributed by atoms with E-state index >= 15 is 0 Å². The van der Waals surface area contributed by atoms with E-state index in [4.69, 9.17) is 46.0 Å². The van der Waals surface area contributed by atoms with Crippen LogP contribution in [0.2, 0.25) is 5.02 Å². The first kappa shape index (κ1) is 23.1. The van der Waals surface area contributed by atoms with E-state index in [-0.39, 0.29) is 6.61 Å². The Morgan fingerprint density at radius 1 is 1.12 bits per heavy atom. The van der Waals surface area contributed by atoms with Crippen LogP contribution >= 0.6 is 11.6 Å². The van der Waals surface area contributed by atoms with E-state index in [9.17, 15) is 0 Å². The summed E-state index contributed by atoms with van der Waals surface area (Å²) >= 11 is 5.87. The molecule has 3 N–H and O–H groups in total. The van der Waals surface area contributed by atoms with Gasteiger partial charge < -0.3 is 29.7 Å². The van der Waals surface area contributed by atoms with Crippen molar-refractivity contribution in [1.82, 2.24) is 4.90 Å². The van der Waals surface area contributed by atoms with Crippen molar-refractivity contribution < 1.29 is 34.4 Å². The van der Waals surface area contributed by atoms with Gasteiger partial charge in [-0.05, 0) is 37.7 Å². The van der Waals surface area contributed by atoms with E-state index in [1.165, 1.54) is 0 Å². The largest absolute Gasteiger partial charge is 0.491 e. The average Bonchev–Trinajstić information content (AvgIpc) is 2.53. The molecule has 0 heterocycles. The van der Waals surface area contributed by atoms with Crippen LogP contribution in [0.3, 0.4) is 0 Å². The number of rotatable bonds is 9. The van der Waals surface area contributed by atoms with Crippen molar-refractivity contribution in [2.24, 2.45) is 0 Å². The van der Waals surface area contributed by atoms with Gasteiger partial charge in [0.2, 0.25) is 0 Å². The molecular formula is C16H24ClNO7. The van der Waals surface area contributed by atoms with Gasteiger partial charge in [-0.25, -0.2) is 9.59 Å². The SMILES string of the molecule is Cc1cc(Cl)ccc1OCCOCCN(C)CCO.O=C(O)C(=O)O. The van der Waals surface area contributed by atoms with Crippen LogP contribution in [0.15, 0.2) is 18.2 Å². The molecule has 0 amide bonds. The van der Waals surface area contributed by atoms with Crippen LogP contribution in [-0.2, 0) is 14.3 Å². The minimum absolute atomic E-state index is 0.176. The lowest BCUT2D eigenvalue weighted by Crippen LogP contribution is -2.26. The Kier molecular flexibility index (Phi) is 12.4. The highest BCUT2D eigenvalue weighted by molar-refractivity contribution is 6.30. The number of aliphatic hydroxyl groups excluding tert-OH is 1. The summed E-state index contributed by atoms with van der Waals surface area (Å²) in [6.45, 7) is 5.33. The maximum atomic E-state index is 9.10. The smallest absolute Gasteiger partial charge is 0.414 e. The van der Waals surface area contributed by atoms with Gasteiger partial charge in [0.15, 0.2) is 0 Å². The van der Waals surface area contributed by atoms with E-state index in [1.54, 1.807) is 0 Å². The third kappa shape index (κ3) is 12.2. The molecule has 0 radical (unpaired) electrons. The molecule has 1 aromatic rings. The number of likely N-dealkylation sites (N-methyl/N-ethyl adjacent to an activating group) is 1. The molecule has 25 heavy (non-hydrogen) atoms. The molecule has 0 saturated carbocycles. The number of ether oxygens (including phenoxy) is 2. The number of hydrogen-bond donors (Lipinski definition) is 3. The van der Waals surface area contributed by atoms with Crippen LogP contribution in [0.4, 0.5) is 0 Å². The summed E-state index contributed by atoms with van der Waals surface area (Å²) in [5.41, 5.74) is 1.02. The summed E-state index contributed by atoms with van der Waals surface area (Å²) < 4.78 is 11.1. The average molecular weight is 378 g/mol. The van der Waals surface area contributed by atoms with Gasteiger partial charge in [-0.15, -0.1) is 0 Å². The minimum Gasteiger partial charge on any atom is -0.491 e. The van der Waals surface area contributed by atoms with Crippen molar-refractivity contribution >= 4 is 23.5 Å². The van der Waals surface area contributed by atoms with E-state index in [0.717, 1.165) is 17.9 Å². The number of aryl methyl sites for hydroxylation is 1. The second-order valence-electron chi connectivity index (χ2n) is 5.01. The fraction of sp³-hybridized carbons (Fsp3) is 0.500. The second kappa shape index (κ2) is 13.4. The van der Waals surface area contributed by atoms with Crippen molar-refractivity contribution in [2.75, 3.05) is 46.6 Å². The number of carboxylic acids is 2. The number of halogens is 1. The number of hydrogen-bond acceptors (Lipinski definition) is 6. The van der Waals surface area contributed by atoms with Gasteiger partial charge in [0, 0.05) is 18.1 Å². The summed E-state index contributed by atoms with van der Waals surface area (Å²) in [7, 11) is 1.95. The zero-order chi connectivity index (χ0) is 19.2. The van der Waals surface area contributed by atoms with Gasteiger partial charge in [0.05, 0.1) is 19.8 Å². The summed E-state index contributed by atoms with van der Waals surface area (Å²) in [4.78, 5) is 20.2. The van der Waals surface area contributed by atoms with Gasteiger partial charge in [-0.2, -0.15) is 0 Å². The Balaban J connectivity index is 0.000000823. The number of aliphatic carboxylic acids is 2. The molecule has 142 valence electrons. The van der Waals surface area contributed by atoms with E-state index < -0.39 is 11.9 Å². The lowest BCUT2D eigenvalue weighted by Gasteiger charge is -2.15. The molecule has 0 aliphatic rings. The molecule has 0 atom stereocenters. The molecule has 0 fully saturated rings. The number of aliphatic hydroxyl groups is 1. The van der Waals surface area contributed by atoms with Crippen molar-refractivity contribution in [3.8, 4) is 5.75 Å². The zero-order valence-corrected chi connectivity index (χ0v) is 15.0. The molecule has 0 unspecified atom stereocenters. The fourth-order valence-corrected chi connectivity index (χ4v) is 1.82. The molecule has 1 rings (SSSR count). The Labute approximate surface area is 151 Å². The Bertz CT molecular complexity index is 527. The number of benzene rings is 1. The highest BCUT2D eigenvalue weighted by Crippen LogP contribution is 2.21. The minimum atomic E-state index is -1.82. The summed E-state index contributed by atoms with van der Waals surface area (Å²) in [5.74, 6) is -2.81. The second-order valence-corrected chi connectivity index (χ2v) is 5.44. The Morgan fingerprint density at radius 2 is 1.76 bits per heavy atom. The molecule has 8 nitrogen and oxygen atoms in total. The predicted molar refractivity (Wildman–Crippen MR) is 92.4 cm³/mol. The monoisotopic (exact) mass is 377 g/mol. The van der Waals surface area contributed by atoms with Crippen LogP contribution in [0.25, 0.3) is 0 Å². The van der Waals surface area contributed by atoms with Crippen molar-refractivity contribution in [2.45, 2.75) is 6.92 Å². The third-order valence-electron chi connectivity index (χ3n) is 2.90. The first-order valence-electron chi connectivity index (χ1n) is 7.50. The van der Waals surface area contributed by atoms with E-state index in [0.29, 0.717) is 31.4 Å². The Hall–Kier alpha value is -1.87. The van der Waals surface area contributed by atoms with Gasteiger partial charge in [-0.3, -0.25) is 0 Å². The van der Waals surface area contributed by atoms with Gasteiger partial charge in [0.25, 0.3) is 0 Å². The van der Waals surface area contributed by atoms with Crippen molar-refractivity contribution in [1.29, 1.82) is 0 Å². The highest BCUT2D eigenvalue weighted by atomic mass is 35.5. The van der Waals surface area contributed by atoms with Crippen LogP contribution in [0.5, 0.6) is 5.75 Å². The van der Waals surface area contributed by atoms with Crippen LogP contribution in [0, 0.1) is 6.92 Å². The summed E-state index contributed by atoms with van der Waals surface area (Å²) in [6.07, 6.45) is 0. The maximum Gasteiger partial charge on any atom is 0.414 e. The van der Waals surface area contributed by atoms with E-state index in [2.05, 4.69) is 0 Å². The number of carboxylic acid groups (broad SMARTS) is 2. The molecular weight excluding hydrogens is 354 g/mol. The zero-order valence-electron chi connectivity index (χ0n) is 14.3. The highest BCUT2D eigenvalue weighted by Gasteiger charge is 2.04. The Morgan fingerprint density at radius 3 is 2.28 bits per heavy atom. The summed E-state index contributed by atoms with van der Waals surface area (Å²) in [6, 6.07) is 5.56. The molecule has 0 bridgehead atoms. The van der Waals surface area contributed by atoms with Crippen molar-refractivity contribution in [3.05, 3.63) is 28.8 Å². The third-order valence-corrected chi connectivity index (χ3v) is 3.14.